The number of benzene rings is 1. The van der Waals surface area contributed by atoms with Crippen molar-refractivity contribution in [3.05, 3.63) is 30.1 Å². The molecule has 1 aliphatic rings. The second-order valence-corrected chi connectivity index (χ2v) is 5.29. The van der Waals surface area contributed by atoms with Crippen LogP contribution in [-0.2, 0) is 6.42 Å². The molecule has 1 fully saturated rings. The number of hydrogen-bond donors (Lipinski definition) is 1. The number of imidazole rings is 1. The van der Waals surface area contributed by atoms with E-state index in [2.05, 4.69) is 21.7 Å². The summed E-state index contributed by atoms with van der Waals surface area (Å²) in [7, 11) is 0. The molecule has 0 spiro atoms. The average Bonchev–Trinajstić information content (AvgIpc) is 2.78. The van der Waals surface area contributed by atoms with E-state index in [1.165, 1.54) is 0 Å². The predicted molar refractivity (Wildman–Crippen MR) is 74.5 cm³/mol. The van der Waals surface area contributed by atoms with Crippen molar-refractivity contribution >= 4 is 11.0 Å². The molecular weight excluding hydrogens is 236 g/mol. The van der Waals surface area contributed by atoms with Crippen molar-refractivity contribution in [1.29, 1.82) is 5.26 Å². The zero-order chi connectivity index (χ0) is 13.2. The number of para-hydroxylation sites is 2. The first-order valence-electron chi connectivity index (χ1n) is 6.88. The standard InChI is InChI=1S/C15H18N4/c16-10-9-15-18-13-3-1-2-4-14(13)19(15)12-7-5-11(17)6-8-12/h1-4,11-12H,5-9,17H2. The van der Waals surface area contributed by atoms with Crippen LogP contribution in [0, 0.1) is 11.3 Å². The normalized spacial score (nSPS) is 23.4. The van der Waals surface area contributed by atoms with E-state index in [9.17, 15) is 0 Å². The summed E-state index contributed by atoms with van der Waals surface area (Å²) in [6, 6.07) is 11.1. The fraction of sp³-hybridized carbons (Fsp3) is 0.467. The third-order valence-corrected chi connectivity index (χ3v) is 4.01. The second kappa shape index (κ2) is 5.02. The van der Waals surface area contributed by atoms with Gasteiger partial charge in [0.2, 0.25) is 0 Å². The van der Waals surface area contributed by atoms with Crippen LogP contribution in [-0.4, -0.2) is 15.6 Å². The average molecular weight is 254 g/mol. The Morgan fingerprint density at radius 1 is 1.26 bits per heavy atom. The Hall–Kier alpha value is -1.86. The largest absolute Gasteiger partial charge is 0.328 e. The van der Waals surface area contributed by atoms with E-state index < -0.39 is 0 Å². The first-order chi connectivity index (χ1) is 9.29. The summed E-state index contributed by atoms with van der Waals surface area (Å²) in [5.74, 6) is 0.893. The van der Waals surface area contributed by atoms with Crippen molar-refractivity contribution in [1.82, 2.24) is 9.55 Å². The van der Waals surface area contributed by atoms with Crippen molar-refractivity contribution in [2.45, 2.75) is 44.2 Å². The van der Waals surface area contributed by atoms with Gasteiger partial charge in [0.25, 0.3) is 0 Å². The summed E-state index contributed by atoms with van der Waals surface area (Å²) in [5, 5.41) is 8.99. The van der Waals surface area contributed by atoms with E-state index in [1.807, 2.05) is 18.2 Å². The molecule has 1 heterocycles. The van der Waals surface area contributed by atoms with Crippen molar-refractivity contribution in [2.75, 3.05) is 0 Å². The minimum atomic E-state index is 0.338. The number of nitriles is 1. The van der Waals surface area contributed by atoms with Gasteiger partial charge in [0.1, 0.15) is 5.82 Å². The molecule has 1 aromatic carbocycles. The Morgan fingerprint density at radius 3 is 2.74 bits per heavy atom. The molecule has 4 heteroatoms. The van der Waals surface area contributed by atoms with Crippen LogP contribution in [0.2, 0.25) is 0 Å². The van der Waals surface area contributed by atoms with Crippen LogP contribution < -0.4 is 5.73 Å². The Morgan fingerprint density at radius 2 is 2.00 bits per heavy atom. The van der Waals surface area contributed by atoms with Crippen molar-refractivity contribution in [3.8, 4) is 6.07 Å². The van der Waals surface area contributed by atoms with Crippen LogP contribution in [0.15, 0.2) is 24.3 Å². The molecule has 1 aromatic heterocycles. The highest BCUT2D eigenvalue weighted by Crippen LogP contribution is 2.32. The Bertz CT molecular complexity index is 615. The topological polar surface area (TPSA) is 67.6 Å². The summed E-state index contributed by atoms with van der Waals surface area (Å²) in [5.41, 5.74) is 8.12. The molecule has 2 N–H and O–H groups in total. The van der Waals surface area contributed by atoms with Crippen LogP contribution in [0.4, 0.5) is 0 Å². The van der Waals surface area contributed by atoms with Gasteiger partial charge in [0, 0.05) is 12.1 Å². The number of nitrogens with two attached hydrogens (primary N) is 1. The molecule has 0 atom stereocenters. The van der Waals surface area contributed by atoms with Gasteiger partial charge in [-0.3, -0.25) is 0 Å². The van der Waals surface area contributed by atoms with E-state index in [4.69, 9.17) is 11.0 Å². The molecule has 98 valence electrons. The molecule has 1 saturated carbocycles. The zero-order valence-corrected chi connectivity index (χ0v) is 10.9. The first kappa shape index (κ1) is 12.2. The summed E-state index contributed by atoms with van der Waals surface area (Å²) in [6.07, 6.45) is 4.66. The monoisotopic (exact) mass is 254 g/mol. The SMILES string of the molecule is N#CCc1nc2ccccc2n1C1CCC(N)CC1. The van der Waals surface area contributed by atoms with E-state index in [-0.39, 0.29) is 0 Å². The summed E-state index contributed by atoms with van der Waals surface area (Å²) in [4.78, 5) is 4.61. The lowest BCUT2D eigenvalue weighted by atomic mass is 9.91. The lowest BCUT2D eigenvalue weighted by molar-refractivity contribution is 0.324. The van der Waals surface area contributed by atoms with Crippen molar-refractivity contribution in [3.63, 3.8) is 0 Å². The Balaban J connectivity index is 2.05. The van der Waals surface area contributed by atoms with E-state index in [1.54, 1.807) is 0 Å². The minimum absolute atomic E-state index is 0.338. The van der Waals surface area contributed by atoms with Gasteiger partial charge >= 0.3 is 0 Å². The maximum Gasteiger partial charge on any atom is 0.124 e. The maximum atomic E-state index is 8.99. The molecule has 0 saturated heterocycles. The lowest BCUT2D eigenvalue weighted by Crippen LogP contribution is -2.28. The van der Waals surface area contributed by atoms with E-state index in [0.29, 0.717) is 18.5 Å². The van der Waals surface area contributed by atoms with Crippen molar-refractivity contribution < 1.29 is 0 Å². The number of nitrogens with zero attached hydrogens (tertiary/aromatic N) is 3. The highest BCUT2D eigenvalue weighted by Gasteiger charge is 2.23. The fourth-order valence-corrected chi connectivity index (χ4v) is 3.06. The molecular formula is C15H18N4. The maximum absolute atomic E-state index is 8.99. The van der Waals surface area contributed by atoms with Gasteiger partial charge in [0.05, 0.1) is 23.5 Å². The molecule has 0 amide bonds. The highest BCUT2D eigenvalue weighted by molar-refractivity contribution is 5.76. The van der Waals surface area contributed by atoms with Gasteiger partial charge in [0.15, 0.2) is 0 Å². The lowest BCUT2D eigenvalue weighted by Gasteiger charge is -2.28. The number of fused-ring (bicyclic) bond motifs is 1. The molecule has 2 aromatic rings. The van der Waals surface area contributed by atoms with Crippen molar-refractivity contribution in [2.24, 2.45) is 5.73 Å². The predicted octanol–water partition coefficient (Wildman–Crippen LogP) is 2.54. The van der Waals surface area contributed by atoms with Crippen LogP contribution in [0.3, 0.4) is 0 Å². The smallest absolute Gasteiger partial charge is 0.124 e. The van der Waals surface area contributed by atoms with E-state index >= 15 is 0 Å². The third kappa shape index (κ3) is 2.22. The van der Waals surface area contributed by atoms with Gasteiger partial charge in [-0.2, -0.15) is 5.26 Å². The number of aromatic nitrogens is 2. The van der Waals surface area contributed by atoms with Gasteiger partial charge < -0.3 is 10.3 Å². The molecule has 4 nitrogen and oxygen atoms in total. The van der Waals surface area contributed by atoms with E-state index in [0.717, 1.165) is 42.5 Å². The number of rotatable bonds is 2. The molecule has 19 heavy (non-hydrogen) atoms. The summed E-state index contributed by atoms with van der Waals surface area (Å²) >= 11 is 0. The molecule has 0 bridgehead atoms. The third-order valence-electron chi connectivity index (χ3n) is 4.01. The quantitative estimate of drug-likeness (QED) is 0.895. The summed E-state index contributed by atoms with van der Waals surface area (Å²) < 4.78 is 2.27. The second-order valence-electron chi connectivity index (χ2n) is 5.29. The van der Waals surface area contributed by atoms with Gasteiger partial charge in [-0.05, 0) is 37.8 Å². The molecule has 0 aliphatic heterocycles. The van der Waals surface area contributed by atoms with Crippen LogP contribution in [0.5, 0.6) is 0 Å². The molecule has 0 unspecified atom stereocenters. The first-order valence-corrected chi connectivity index (χ1v) is 6.88. The van der Waals surface area contributed by atoms with Crippen LogP contribution in [0.1, 0.15) is 37.5 Å². The van der Waals surface area contributed by atoms with Crippen LogP contribution >= 0.6 is 0 Å². The van der Waals surface area contributed by atoms with Gasteiger partial charge in [-0.25, -0.2) is 4.98 Å². The Kier molecular flexibility index (Phi) is 3.22. The van der Waals surface area contributed by atoms with Crippen LogP contribution in [0.25, 0.3) is 11.0 Å². The fourth-order valence-electron chi connectivity index (χ4n) is 3.06. The molecule has 0 radical (unpaired) electrons. The zero-order valence-electron chi connectivity index (χ0n) is 10.9. The highest BCUT2D eigenvalue weighted by atomic mass is 15.1. The number of hydrogen-bond acceptors (Lipinski definition) is 3. The van der Waals surface area contributed by atoms with Gasteiger partial charge in [-0.1, -0.05) is 12.1 Å². The molecule has 3 rings (SSSR count). The Labute approximate surface area is 112 Å². The summed E-state index contributed by atoms with van der Waals surface area (Å²) in [6.45, 7) is 0. The van der Waals surface area contributed by atoms with Gasteiger partial charge in [-0.15, -0.1) is 0 Å². The minimum Gasteiger partial charge on any atom is -0.328 e. The molecule has 1 aliphatic carbocycles.